The van der Waals surface area contributed by atoms with Crippen molar-refractivity contribution in [3.8, 4) is 16.9 Å². The Morgan fingerprint density at radius 2 is 1.95 bits per heavy atom. The Morgan fingerprint density at radius 3 is 2.73 bits per heavy atom. The Morgan fingerprint density at radius 1 is 1.18 bits per heavy atom. The Kier molecular flexibility index (Phi) is 2.77. The molecule has 0 bridgehead atoms. The molecule has 4 rings (SSSR count). The zero-order chi connectivity index (χ0) is 15.3. The van der Waals surface area contributed by atoms with Gasteiger partial charge in [0.1, 0.15) is 11.5 Å². The fraction of sp³-hybridized carbons (Fsp3) is 0. The van der Waals surface area contributed by atoms with E-state index in [2.05, 4.69) is 10.1 Å². The van der Waals surface area contributed by atoms with Gasteiger partial charge in [0, 0.05) is 17.1 Å². The second kappa shape index (κ2) is 4.68. The number of para-hydroxylation sites is 1. The van der Waals surface area contributed by atoms with Crippen molar-refractivity contribution in [2.75, 3.05) is 0 Å². The third-order valence-corrected chi connectivity index (χ3v) is 3.86. The molecule has 0 radical (unpaired) electrons. The SMILES string of the molecule is O=c1c2c[nH]c3cc(Cl)c(F)cc3c-2nn1-c1ccccc1. The van der Waals surface area contributed by atoms with Crippen molar-refractivity contribution in [1.29, 1.82) is 0 Å². The van der Waals surface area contributed by atoms with Gasteiger partial charge in [-0.2, -0.15) is 9.78 Å². The van der Waals surface area contributed by atoms with Crippen LogP contribution in [0.15, 0.2) is 53.5 Å². The lowest BCUT2D eigenvalue weighted by atomic mass is 10.1. The molecule has 2 aliphatic heterocycles. The van der Waals surface area contributed by atoms with E-state index in [4.69, 9.17) is 11.6 Å². The smallest absolute Gasteiger partial charge is 0.282 e. The summed E-state index contributed by atoms with van der Waals surface area (Å²) >= 11 is 5.79. The topological polar surface area (TPSA) is 50.7 Å². The van der Waals surface area contributed by atoms with Gasteiger partial charge >= 0.3 is 0 Å². The van der Waals surface area contributed by atoms with E-state index >= 15 is 0 Å². The Balaban J connectivity index is 2.09. The summed E-state index contributed by atoms with van der Waals surface area (Å²) < 4.78 is 15.1. The maximum Gasteiger partial charge on any atom is 0.282 e. The standard InChI is InChI=1S/C16H9ClFN3O/c17-12-7-14-10(6-13(12)18)15-11(8-19-14)16(22)21(20-15)9-4-2-1-3-5-9/h1-8,19H. The van der Waals surface area contributed by atoms with Crippen LogP contribution >= 0.6 is 11.6 Å². The van der Waals surface area contributed by atoms with Gasteiger partial charge in [0.05, 0.1) is 16.3 Å². The number of rotatable bonds is 1. The number of benzene rings is 2. The molecule has 0 fully saturated rings. The van der Waals surface area contributed by atoms with E-state index in [1.165, 1.54) is 16.8 Å². The molecule has 22 heavy (non-hydrogen) atoms. The van der Waals surface area contributed by atoms with Crippen molar-refractivity contribution in [1.82, 2.24) is 14.8 Å². The van der Waals surface area contributed by atoms with E-state index in [1.54, 1.807) is 18.3 Å². The van der Waals surface area contributed by atoms with E-state index in [0.717, 1.165) is 0 Å². The molecule has 0 atom stereocenters. The molecule has 2 aliphatic rings. The first-order valence-corrected chi connectivity index (χ1v) is 6.97. The van der Waals surface area contributed by atoms with Crippen molar-refractivity contribution in [2.45, 2.75) is 0 Å². The van der Waals surface area contributed by atoms with Crippen molar-refractivity contribution in [3.63, 3.8) is 0 Å². The molecule has 2 aromatic carbocycles. The van der Waals surface area contributed by atoms with Gasteiger partial charge in [0.2, 0.25) is 0 Å². The van der Waals surface area contributed by atoms with Crippen LogP contribution in [0, 0.1) is 5.82 Å². The maximum absolute atomic E-state index is 13.7. The van der Waals surface area contributed by atoms with Crippen LogP contribution in [0.5, 0.6) is 0 Å². The summed E-state index contributed by atoms with van der Waals surface area (Å²) in [5, 5.41) is 4.90. The summed E-state index contributed by atoms with van der Waals surface area (Å²) in [5.41, 5.74) is 1.87. The summed E-state index contributed by atoms with van der Waals surface area (Å²) in [4.78, 5) is 15.4. The van der Waals surface area contributed by atoms with E-state index in [9.17, 15) is 9.18 Å². The minimum Gasteiger partial charge on any atom is -0.360 e. The van der Waals surface area contributed by atoms with Crippen LogP contribution in [0.1, 0.15) is 0 Å². The highest BCUT2D eigenvalue weighted by atomic mass is 35.5. The number of nitrogens with zero attached hydrogens (tertiary/aromatic N) is 2. The summed E-state index contributed by atoms with van der Waals surface area (Å²) in [6.07, 6.45) is 1.57. The Bertz CT molecular complexity index is 1020. The van der Waals surface area contributed by atoms with Crippen LogP contribution in [-0.4, -0.2) is 14.8 Å². The van der Waals surface area contributed by atoms with Crippen LogP contribution in [0.3, 0.4) is 0 Å². The monoisotopic (exact) mass is 313 g/mol. The van der Waals surface area contributed by atoms with Gasteiger partial charge in [-0.15, -0.1) is 0 Å². The maximum atomic E-state index is 13.7. The first-order chi connectivity index (χ1) is 10.6. The molecule has 0 saturated heterocycles. The van der Waals surface area contributed by atoms with Gasteiger partial charge in [-0.3, -0.25) is 4.79 Å². The molecule has 6 heteroatoms. The van der Waals surface area contributed by atoms with E-state index in [-0.39, 0.29) is 10.6 Å². The molecule has 0 aliphatic carbocycles. The highest BCUT2D eigenvalue weighted by molar-refractivity contribution is 6.31. The molecule has 0 unspecified atom stereocenters. The lowest BCUT2D eigenvalue weighted by Crippen LogP contribution is -2.14. The largest absolute Gasteiger partial charge is 0.360 e. The number of aromatic amines is 1. The van der Waals surface area contributed by atoms with Gasteiger partial charge in [-0.25, -0.2) is 4.39 Å². The van der Waals surface area contributed by atoms with Gasteiger partial charge < -0.3 is 4.98 Å². The molecule has 2 heterocycles. The fourth-order valence-electron chi connectivity index (χ4n) is 2.50. The van der Waals surface area contributed by atoms with Gasteiger partial charge in [0.25, 0.3) is 5.56 Å². The minimum atomic E-state index is -0.545. The Hall–Kier alpha value is -2.66. The first kappa shape index (κ1) is 13.0. The molecule has 1 N–H and O–H groups in total. The predicted octanol–water partition coefficient (Wildman–Crippen LogP) is 3.61. The van der Waals surface area contributed by atoms with Crippen LogP contribution in [0.25, 0.3) is 27.8 Å². The predicted molar refractivity (Wildman–Crippen MR) is 83.3 cm³/mol. The average molecular weight is 314 g/mol. The summed E-state index contributed by atoms with van der Waals surface area (Å²) in [6.45, 7) is 0. The lowest BCUT2D eigenvalue weighted by Gasteiger charge is -2.04. The first-order valence-electron chi connectivity index (χ1n) is 6.60. The third-order valence-electron chi connectivity index (χ3n) is 3.57. The van der Waals surface area contributed by atoms with Crippen molar-refractivity contribution in [2.24, 2.45) is 0 Å². The van der Waals surface area contributed by atoms with Crippen LogP contribution in [0.4, 0.5) is 4.39 Å². The zero-order valence-corrected chi connectivity index (χ0v) is 11.9. The van der Waals surface area contributed by atoms with Gasteiger partial charge in [-0.1, -0.05) is 29.8 Å². The number of nitrogens with one attached hydrogen (secondary N) is 1. The average Bonchev–Trinajstić information content (AvgIpc) is 2.87. The molecule has 0 spiro atoms. The quantitative estimate of drug-likeness (QED) is 0.583. The van der Waals surface area contributed by atoms with Crippen LogP contribution in [0.2, 0.25) is 5.02 Å². The second-order valence-corrected chi connectivity index (χ2v) is 5.32. The zero-order valence-electron chi connectivity index (χ0n) is 11.2. The highest BCUT2D eigenvalue weighted by Crippen LogP contribution is 2.29. The molecule has 108 valence electrons. The summed E-state index contributed by atoms with van der Waals surface area (Å²) in [7, 11) is 0. The molecule has 2 aromatic rings. The fourth-order valence-corrected chi connectivity index (χ4v) is 2.66. The van der Waals surface area contributed by atoms with Gasteiger partial charge in [0.15, 0.2) is 0 Å². The molecule has 0 saturated carbocycles. The number of hydrogen-bond donors (Lipinski definition) is 1. The van der Waals surface area contributed by atoms with Crippen molar-refractivity contribution < 1.29 is 4.39 Å². The van der Waals surface area contributed by atoms with Gasteiger partial charge in [-0.05, 0) is 24.3 Å². The van der Waals surface area contributed by atoms with Crippen LogP contribution < -0.4 is 5.56 Å². The van der Waals surface area contributed by atoms with Crippen molar-refractivity contribution >= 4 is 22.5 Å². The summed E-state index contributed by atoms with van der Waals surface area (Å²) in [6, 6.07) is 11.9. The van der Waals surface area contributed by atoms with Crippen LogP contribution in [-0.2, 0) is 0 Å². The lowest BCUT2D eigenvalue weighted by molar-refractivity contribution is 0.630. The van der Waals surface area contributed by atoms with E-state index in [1.807, 2.05) is 18.2 Å². The minimum absolute atomic E-state index is 0.0212. The third kappa shape index (κ3) is 1.83. The Labute approximate surface area is 129 Å². The van der Waals surface area contributed by atoms with E-state index < -0.39 is 5.82 Å². The normalized spacial score (nSPS) is 11.4. The molecular weight excluding hydrogens is 305 g/mol. The molecule has 4 nitrogen and oxygen atoms in total. The number of pyridine rings is 1. The molecular formula is C16H9ClFN3O. The molecule has 0 amide bonds. The van der Waals surface area contributed by atoms with Crippen molar-refractivity contribution in [3.05, 3.63) is 69.9 Å². The van der Waals surface area contributed by atoms with E-state index in [0.29, 0.717) is 27.8 Å². The highest BCUT2D eigenvalue weighted by Gasteiger charge is 2.19. The summed E-state index contributed by atoms with van der Waals surface area (Å²) in [5.74, 6) is -0.545. The number of H-pyrrole nitrogens is 1. The number of aromatic nitrogens is 3. The number of fused-ring (bicyclic) bond motifs is 3. The second-order valence-electron chi connectivity index (χ2n) is 4.92. The molecule has 0 aromatic heterocycles. The number of halogens is 2. The number of hydrogen-bond acceptors (Lipinski definition) is 2.